The molecular weight excluding hydrogens is 292 g/mol. The lowest BCUT2D eigenvalue weighted by molar-refractivity contribution is -0.120. The lowest BCUT2D eigenvalue weighted by Gasteiger charge is -2.26. The molecule has 1 atom stereocenters. The third kappa shape index (κ3) is 2.55. The Labute approximate surface area is 136 Å². The van der Waals surface area contributed by atoms with E-state index in [9.17, 15) is 9.59 Å². The maximum atomic E-state index is 12.6. The van der Waals surface area contributed by atoms with Gasteiger partial charge in [0.05, 0.1) is 5.41 Å². The second-order valence-electron chi connectivity index (χ2n) is 7.09. The second-order valence-corrected chi connectivity index (χ2v) is 7.09. The molecule has 0 aliphatic carbocycles. The van der Waals surface area contributed by atoms with E-state index in [2.05, 4.69) is 11.2 Å². The molecule has 2 heterocycles. The number of carbonyl (C=O) groups excluding carboxylic acids is 2. The zero-order chi connectivity index (χ0) is 16.8. The first-order chi connectivity index (χ1) is 10.7. The van der Waals surface area contributed by atoms with E-state index in [1.807, 2.05) is 32.9 Å². The first-order valence-corrected chi connectivity index (χ1v) is 7.66. The van der Waals surface area contributed by atoms with Crippen LogP contribution in [0.1, 0.15) is 38.3 Å². The first kappa shape index (κ1) is 15.4. The minimum Gasteiger partial charge on any atom is -0.444 e. The quantitative estimate of drug-likeness (QED) is 0.749. The average molecular weight is 312 g/mol. The molecule has 23 heavy (non-hydrogen) atoms. The second kappa shape index (κ2) is 5.02. The van der Waals surface area contributed by atoms with Crippen LogP contribution in [-0.2, 0) is 14.9 Å². The molecule has 2 aliphatic rings. The van der Waals surface area contributed by atoms with E-state index in [-0.39, 0.29) is 12.0 Å². The lowest BCUT2D eigenvalue weighted by atomic mass is 9.80. The summed E-state index contributed by atoms with van der Waals surface area (Å²) in [6.45, 7) is 6.28. The van der Waals surface area contributed by atoms with E-state index in [1.54, 1.807) is 11.0 Å². The van der Waals surface area contributed by atoms with E-state index in [4.69, 9.17) is 11.2 Å². The number of carbonyl (C=O) groups is 2. The number of ether oxygens (including phenoxy) is 1. The Bertz CT molecular complexity index is 727. The summed E-state index contributed by atoms with van der Waals surface area (Å²) in [5, 5.41) is 2.90. The van der Waals surface area contributed by atoms with Crippen LogP contribution >= 0.6 is 0 Å². The third-order valence-electron chi connectivity index (χ3n) is 4.31. The Morgan fingerprint density at radius 1 is 1.43 bits per heavy atom. The van der Waals surface area contributed by atoms with Crippen molar-refractivity contribution >= 4 is 17.7 Å². The van der Waals surface area contributed by atoms with Crippen LogP contribution in [-0.4, -0.2) is 35.6 Å². The largest absolute Gasteiger partial charge is 0.444 e. The molecule has 1 saturated heterocycles. The molecule has 1 aromatic carbocycles. The summed E-state index contributed by atoms with van der Waals surface area (Å²) in [5.74, 6) is 2.52. The van der Waals surface area contributed by atoms with Gasteiger partial charge < -0.3 is 15.0 Å². The zero-order valence-corrected chi connectivity index (χ0v) is 13.6. The van der Waals surface area contributed by atoms with Crippen LogP contribution < -0.4 is 5.32 Å². The fourth-order valence-electron chi connectivity index (χ4n) is 3.20. The number of rotatable bonds is 0. The topological polar surface area (TPSA) is 58.6 Å². The van der Waals surface area contributed by atoms with Crippen molar-refractivity contribution < 1.29 is 14.3 Å². The molecule has 0 aromatic heterocycles. The summed E-state index contributed by atoms with van der Waals surface area (Å²) in [4.78, 5) is 26.4. The van der Waals surface area contributed by atoms with Gasteiger partial charge in [0.15, 0.2) is 0 Å². The SMILES string of the molecule is C#Cc1ccc2c(c1)C1(CCN(C(=O)OC(C)(C)C)C1)C(=O)N2. The standard InChI is InChI=1S/C18H20N2O3/c1-5-12-6-7-14-13(10-12)18(15(21)19-14)8-9-20(11-18)16(22)23-17(2,3)4/h1,6-7,10H,8-9,11H2,2-4H3,(H,19,21). The van der Waals surface area contributed by atoms with E-state index < -0.39 is 11.0 Å². The van der Waals surface area contributed by atoms with Crippen molar-refractivity contribution in [3.63, 3.8) is 0 Å². The summed E-state index contributed by atoms with van der Waals surface area (Å²) in [6.07, 6.45) is 5.65. The average Bonchev–Trinajstić information content (AvgIpc) is 3.02. The molecule has 5 nitrogen and oxygen atoms in total. The van der Waals surface area contributed by atoms with Gasteiger partial charge in [-0.25, -0.2) is 4.79 Å². The maximum Gasteiger partial charge on any atom is 0.410 e. The van der Waals surface area contributed by atoms with Crippen LogP contribution in [0, 0.1) is 12.3 Å². The molecule has 120 valence electrons. The molecule has 1 aromatic rings. The zero-order valence-electron chi connectivity index (χ0n) is 13.6. The molecule has 2 aliphatic heterocycles. The van der Waals surface area contributed by atoms with Gasteiger partial charge >= 0.3 is 6.09 Å². The van der Waals surface area contributed by atoms with Crippen LogP contribution in [0.25, 0.3) is 0 Å². The van der Waals surface area contributed by atoms with E-state index in [1.165, 1.54) is 0 Å². The molecule has 1 N–H and O–H groups in total. The highest BCUT2D eigenvalue weighted by molar-refractivity contribution is 6.07. The highest BCUT2D eigenvalue weighted by atomic mass is 16.6. The predicted molar refractivity (Wildman–Crippen MR) is 87.1 cm³/mol. The Kier molecular flexibility index (Phi) is 3.36. The van der Waals surface area contributed by atoms with Gasteiger partial charge in [0.1, 0.15) is 5.60 Å². The van der Waals surface area contributed by atoms with Crippen molar-refractivity contribution in [3.05, 3.63) is 29.3 Å². The fourth-order valence-corrected chi connectivity index (χ4v) is 3.20. The molecule has 0 radical (unpaired) electrons. The number of benzene rings is 1. The van der Waals surface area contributed by atoms with Gasteiger partial charge in [0, 0.05) is 24.3 Å². The molecule has 5 heteroatoms. The number of hydrogen-bond donors (Lipinski definition) is 1. The number of fused-ring (bicyclic) bond motifs is 2. The Balaban J connectivity index is 1.89. The molecule has 1 unspecified atom stereocenters. The van der Waals surface area contributed by atoms with Gasteiger partial charge in [-0.1, -0.05) is 5.92 Å². The summed E-state index contributed by atoms with van der Waals surface area (Å²) in [6, 6.07) is 5.50. The highest BCUT2D eigenvalue weighted by Gasteiger charge is 2.52. The van der Waals surface area contributed by atoms with E-state index >= 15 is 0 Å². The van der Waals surface area contributed by atoms with Crippen molar-refractivity contribution in [2.75, 3.05) is 18.4 Å². The molecule has 2 amide bonds. The number of likely N-dealkylation sites (tertiary alicyclic amines) is 1. The number of hydrogen-bond acceptors (Lipinski definition) is 3. The third-order valence-corrected chi connectivity index (χ3v) is 4.31. The number of nitrogens with one attached hydrogen (secondary N) is 1. The minimum atomic E-state index is -0.723. The Hall–Kier alpha value is -2.48. The van der Waals surface area contributed by atoms with Crippen LogP contribution in [0.2, 0.25) is 0 Å². The van der Waals surface area contributed by atoms with Gasteiger partial charge in [0.25, 0.3) is 0 Å². The van der Waals surface area contributed by atoms with Crippen molar-refractivity contribution in [1.82, 2.24) is 4.90 Å². The van der Waals surface area contributed by atoms with E-state index in [0.717, 1.165) is 16.8 Å². The van der Waals surface area contributed by atoms with Crippen molar-refractivity contribution in [3.8, 4) is 12.3 Å². The highest BCUT2D eigenvalue weighted by Crippen LogP contribution is 2.44. The maximum absolute atomic E-state index is 12.6. The first-order valence-electron chi connectivity index (χ1n) is 7.66. The van der Waals surface area contributed by atoms with Crippen LogP contribution in [0.5, 0.6) is 0 Å². The van der Waals surface area contributed by atoms with Crippen LogP contribution in [0.15, 0.2) is 18.2 Å². The molecule has 0 bridgehead atoms. The van der Waals surface area contributed by atoms with Gasteiger partial charge in [0.2, 0.25) is 5.91 Å². The lowest BCUT2D eigenvalue weighted by Crippen LogP contribution is -2.41. The molecular formula is C18H20N2O3. The van der Waals surface area contributed by atoms with Crippen LogP contribution in [0.4, 0.5) is 10.5 Å². The van der Waals surface area contributed by atoms with Crippen molar-refractivity contribution in [2.45, 2.75) is 38.2 Å². The minimum absolute atomic E-state index is 0.0762. The Morgan fingerprint density at radius 3 is 2.83 bits per heavy atom. The summed E-state index contributed by atoms with van der Waals surface area (Å²) in [7, 11) is 0. The van der Waals surface area contributed by atoms with Gasteiger partial charge in [-0.2, -0.15) is 0 Å². The number of terminal acetylenes is 1. The fraction of sp³-hybridized carbons (Fsp3) is 0.444. The van der Waals surface area contributed by atoms with Crippen molar-refractivity contribution in [1.29, 1.82) is 0 Å². The predicted octanol–water partition coefficient (Wildman–Crippen LogP) is 2.50. The number of nitrogens with zero attached hydrogens (tertiary/aromatic N) is 1. The Morgan fingerprint density at radius 2 is 2.17 bits per heavy atom. The molecule has 1 spiro atoms. The van der Waals surface area contributed by atoms with Gasteiger partial charge in [-0.15, -0.1) is 6.42 Å². The number of anilines is 1. The van der Waals surface area contributed by atoms with E-state index in [0.29, 0.717) is 19.5 Å². The van der Waals surface area contributed by atoms with Crippen molar-refractivity contribution in [2.24, 2.45) is 0 Å². The number of amides is 2. The normalized spacial score (nSPS) is 22.7. The smallest absolute Gasteiger partial charge is 0.410 e. The summed E-state index contributed by atoms with van der Waals surface area (Å²) < 4.78 is 5.42. The molecule has 0 saturated carbocycles. The monoisotopic (exact) mass is 312 g/mol. The summed E-state index contributed by atoms with van der Waals surface area (Å²) in [5.41, 5.74) is 1.11. The molecule has 3 rings (SSSR count). The summed E-state index contributed by atoms with van der Waals surface area (Å²) >= 11 is 0. The van der Waals surface area contributed by atoms with Gasteiger partial charge in [-0.05, 0) is 51.0 Å². The molecule has 1 fully saturated rings. The van der Waals surface area contributed by atoms with Crippen LogP contribution in [0.3, 0.4) is 0 Å². The van der Waals surface area contributed by atoms with Gasteiger partial charge in [-0.3, -0.25) is 4.79 Å².